The summed E-state index contributed by atoms with van der Waals surface area (Å²) in [5.41, 5.74) is 1.83. The van der Waals surface area contributed by atoms with Crippen molar-refractivity contribution in [3.05, 3.63) is 64.0 Å². The quantitative estimate of drug-likeness (QED) is 0.695. The number of carbonyl (C=O) groups excluding carboxylic acids is 1. The third-order valence-electron chi connectivity index (χ3n) is 3.75. The zero-order valence-corrected chi connectivity index (χ0v) is 12.2. The van der Waals surface area contributed by atoms with E-state index in [1.54, 1.807) is 18.2 Å². The van der Waals surface area contributed by atoms with Crippen LogP contribution in [0.1, 0.15) is 5.56 Å². The summed E-state index contributed by atoms with van der Waals surface area (Å²) >= 11 is 0. The van der Waals surface area contributed by atoms with Crippen LogP contribution in [0, 0.1) is 15.9 Å². The van der Waals surface area contributed by atoms with Gasteiger partial charge >= 0.3 is 0 Å². The number of carbonyl (C=O) groups is 1. The van der Waals surface area contributed by atoms with Crippen molar-refractivity contribution in [1.82, 2.24) is 0 Å². The van der Waals surface area contributed by atoms with Gasteiger partial charge in [0.15, 0.2) is 0 Å². The zero-order chi connectivity index (χ0) is 16.4. The molecule has 2 aromatic carbocycles. The summed E-state index contributed by atoms with van der Waals surface area (Å²) in [5.74, 6) is -0.820. The molecule has 23 heavy (non-hydrogen) atoms. The molecule has 118 valence electrons. The minimum Gasteiger partial charge on any atom is -0.362 e. The third kappa shape index (κ3) is 3.13. The van der Waals surface area contributed by atoms with Crippen molar-refractivity contribution in [2.75, 3.05) is 23.3 Å². The predicted molar refractivity (Wildman–Crippen MR) is 84.0 cm³/mol. The van der Waals surface area contributed by atoms with Crippen molar-refractivity contribution in [3.63, 3.8) is 0 Å². The van der Waals surface area contributed by atoms with E-state index in [1.807, 2.05) is 4.90 Å². The number of nitrogens with zero attached hydrogens (tertiary/aromatic N) is 2. The number of nitrogens with one attached hydrogen (secondary N) is 1. The van der Waals surface area contributed by atoms with Crippen LogP contribution in [0.2, 0.25) is 0 Å². The third-order valence-corrected chi connectivity index (χ3v) is 3.75. The molecule has 7 heteroatoms. The standard InChI is InChI=1S/C16H14FN3O3/c17-13-3-1-2-4-14(13)18-16(21)10-19-8-7-11-9-12(20(22)23)5-6-15(11)19/h1-6,9H,7-8,10H2,(H,18,21). The number of non-ortho nitro benzene ring substituents is 1. The molecule has 1 aliphatic heterocycles. The van der Waals surface area contributed by atoms with Gasteiger partial charge in [-0.2, -0.15) is 0 Å². The topological polar surface area (TPSA) is 75.5 Å². The van der Waals surface area contributed by atoms with Gasteiger partial charge in [-0.3, -0.25) is 14.9 Å². The van der Waals surface area contributed by atoms with Crippen LogP contribution in [0.15, 0.2) is 42.5 Å². The summed E-state index contributed by atoms with van der Waals surface area (Å²) in [7, 11) is 0. The summed E-state index contributed by atoms with van der Waals surface area (Å²) < 4.78 is 13.5. The fourth-order valence-corrected chi connectivity index (χ4v) is 2.66. The Bertz CT molecular complexity index is 779. The van der Waals surface area contributed by atoms with Gasteiger partial charge in [-0.05, 0) is 30.2 Å². The van der Waals surface area contributed by atoms with E-state index in [2.05, 4.69) is 5.32 Å². The number of nitro benzene ring substituents is 1. The van der Waals surface area contributed by atoms with Gasteiger partial charge in [0.2, 0.25) is 5.91 Å². The highest BCUT2D eigenvalue weighted by Gasteiger charge is 2.23. The van der Waals surface area contributed by atoms with Crippen molar-refractivity contribution >= 4 is 23.0 Å². The van der Waals surface area contributed by atoms with E-state index in [1.165, 1.54) is 24.3 Å². The average molecular weight is 315 g/mol. The molecule has 2 aromatic rings. The Morgan fingerprint density at radius 2 is 2.09 bits per heavy atom. The van der Waals surface area contributed by atoms with Crippen LogP contribution in [-0.2, 0) is 11.2 Å². The average Bonchev–Trinajstić information content (AvgIpc) is 2.92. The summed E-state index contributed by atoms with van der Waals surface area (Å²) in [6, 6.07) is 10.6. The molecule has 0 atom stereocenters. The first-order valence-corrected chi connectivity index (χ1v) is 7.11. The van der Waals surface area contributed by atoms with E-state index in [-0.39, 0.29) is 23.8 Å². The molecule has 0 unspecified atom stereocenters. The van der Waals surface area contributed by atoms with Gasteiger partial charge in [-0.15, -0.1) is 0 Å². The maximum atomic E-state index is 13.5. The van der Waals surface area contributed by atoms with E-state index in [9.17, 15) is 19.3 Å². The Morgan fingerprint density at radius 3 is 2.83 bits per heavy atom. The number of amides is 1. The molecule has 0 spiro atoms. The number of halogens is 1. The number of rotatable bonds is 4. The fraction of sp³-hybridized carbons (Fsp3) is 0.188. The molecular formula is C16H14FN3O3. The molecule has 0 saturated heterocycles. The maximum Gasteiger partial charge on any atom is 0.269 e. The van der Waals surface area contributed by atoms with Crippen LogP contribution >= 0.6 is 0 Å². The highest BCUT2D eigenvalue weighted by atomic mass is 19.1. The second-order valence-corrected chi connectivity index (χ2v) is 5.27. The van der Waals surface area contributed by atoms with Gasteiger partial charge < -0.3 is 10.2 Å². The lowest BCUT2D eigenvalue weighted by Gasteiger charge is -2.18. The minimum atomic E-state index is -0.488. The van der Waals surface area contributed by atoms with Crippen molar-refractivity contribution < 1.29 is 14.1 Å². The second-order valence-electron chi connectivity index (χ2n) is 5.27. The Hall–Kier alpha value is -2.96. The lowest BCUT2D eigenvalue weighted by molar-refractivity contribution is -0.384. The number of benzene rings is 2. The number of anilines is 2. The van der Waals surface area contributed by atoms with Crippen LogP contribution in [0.5, 0.6) is 0 Å². The Morgan fingerprint density at radius 1 is 1.30 bits per heavy atom. The van der Waals surface area contributed by atoms with Gasteiger partial charge in [-0.1, -0.05) is 12.1 Å². The highest BCUT2D eigenvalue weighted by Crippen LogP contribution is 2.31. The summed E-state index contributed by atoms with van der Waals surface area (Å²) in [6.45, 7) is 0.667. The molecule has 0 fully saturated rings. The fourth-order valence-electron chi connectivity index (χ4n) is 2.66. The first kappa shape index (κ1) is 15.0. The molecule has 0 aliphatic carbocycles. The van der Waals surface area contributed by atoms with Crippen LogP contribution in [0.4, 0.5) is 21.5 Å². The van der Waals surface area contributed by atoms with Crippen molar-refractivity contribution in [3.8, 4) is 0 Å². The SMILES string of the molecule is O=C(CN1CCc2cc([N+](=O)[O-])ccc21)Nc1ccccc1F. The highest BCUT2D eigenvalue weighted by molar-refractivity contribution is 5.94. The Balaban J connectivity index is 1.70. The normalized spacial score (nSPS) is 12.8. The molecule has 3 rings (SSSR count). The van der Waals surface area contributed by atoms with Crippen LogP contribution < -0.4 is 10.2 Å². The largest absolute Gasteiger partial charge is 0.362 e. The van der Waals surface area contributed by atoms with E-state index in [0.29, 0.717) is 13.0 Å². The van der Waals surface area contributed by atoms with Gasteiger partial charge in [-0.25, -0.2) is 4.39 Å². The lowest BCUT2D eigenvalue weighted by Crippen LogP contribution is -2.32. The molecule has 0 bridgehead atoms. The van der Waals surface area contributed by atoms with Crippen molar-refractivity contribution in [2.24, 2.45) is 0 Å². The molecule has 0 radical (unpaired) electrons. The molecular weight excluding hydrogens is 301 g/mol. The van der Waals surface area contributed by atoms with Crippen molar-refractivity contribution in [2.45, 2.75) is 6.42 Å². The molecule has 6 nitrogen and oxygen atoms in total. The number of fused-ring (bicyclic) bond motifs is 1. The van der Waals surface area contributed by atoms with E-state index in [0.717, 1.165) is 11.3 Å². The predicted octanol–water partition coefficient (Wildman–Crippen LogP) is 2.74. The summed E-state index contributed by atoms with van der Waals surface area (Å²) in [4.78, 5) is 24.3. The molecule has 1 heterocycles. The van der Waals surface area contributed by atoms with Crippen LogP contribution in [0.3, 0.4) is 0 Å². The van der Waals surface area contributed by atoms with Gasteiger partial charge in [0.1, 0.15) is 5.82 Å². The van der Waals surface area contributed by atoms with E-state index >= 15 is 0 Å². The van der Waals surface area contributed by atoms with Gasteiger partial charge in [0.05, 0.1) is 17.2 Å². The van der Waals surface area contributed by atoms with E-state index in [4.69, 9.17) is 0 Å². The molecule has 1 N–H and O–H groups in total. The molecule has 0 saturated carbocycles. The summed E-state index contributed by atoms with van der Waals surface area (Å²) in [6.07, 6.45) is 0.643. The van der Waals surface area contributed by atoms with E-state index < -0.39 is 10.7 Å². The maximum absolute atomic E-state index is 13.5. The zero-order valence-electron chi connectivity index (χ0n) is 12.2. The summed E-state index contributed by atoms with van der Waals surface area (Å²) in [5, 5.41) is 13.3. The van der Waals surface area contributed by atoms with Crippen LogP contribution in [-0.4, -0.2) is 23.9 Å². The van der Waals surface area contributed by atoms with Crippen LogP contribution in [0.25, 0.3) is 0 Å². The number of hydrogen-bond donors (Lipinski definition) is 1. The molecule has 0 aromatic heterocycles. The first-order valence-electron chi connectivity index (χ1n) is 7.11. The number of hydrogen-bond acceptors (Lipinski definition) is 4. The molecule has 1 amide bonds. The monoisotopic (exact) mass is 315 g/mol. The van der Waals surface area contributed by atoms with Gasteiger partial charge in [0.25, 0.3) is 5.69 Å². The minimum absolute atomic E-state index is 0.0430. The lowest BCUT2D eigenvalue weighted by atomic mass is 10.1. The Labute approximate surface area is 131 Å². The smallest absolute Gasteiger partial charge is 0.269 e. The van der Waals surface area contributed by atoms with Gasteiger partial charge in [0, 0.05) is 24.4 Å². The number of para-hydroxylation sites is 1. The number of nitro groups is 1. The molecule has 1 aliphatic rings. The second kappa shape index (κ2) is 6.04. The first-order chi connectivity index (χ1) is 11.0. The Kier molecular flexibility index (Phi) is 3.92. The van der Waals surface area contributed by atoms with Crippen molar-refractivity contribution in [1.29, 1.82) is 0 Å².